The Labute approximate surface area is 145 Å². The monoisotopic (exact) mass is 432 g/mol. The molecule has 5 nitrogen and oxygen atoms in total. The maximum Gasteiger partial charge on any atom is 0.401 e. The first-order valence-electron chi connectivity index (χ1n) is 7.92. The summed E-state index contributed by atoms with van der Waals surface area (Å²) in [4.78, 5) is 12.3. The molecule has 1 atom stereocenters. The van der Waals surface area contributed by atoms with Crippen molar-refractivity contribution in [1.29, 1.82) is 0 Å². The van der Waals surface area contributed by atoms with Crippen molar-refractivity contribution in [2.24, 2.45) is 23.2 Å². The zero-order valence-electron chi connectivity index (χ0n) is 13.3. The van der Waals surface area contributed by atoms with Gasteiger partial charge in [-0.3, -0.25) is 9.35 Å². The van der Waals surface area contributed by atoms with Crippen molar-refractivity contribution in [1.82, 2.24) is 0 Å². The average Bonchev–Trinajstić information content (AvgIpc) is 2.38. The van der Waals surface area contributed by atoms with Crippen LogP contribution in [0.15, 0.2) is 0 Å². The zero-order valence-corrected chi connectivity index (χ0v) is 15.0. The number of alkyl halides is 1. The number of rotatable bonds is 5. The number of esters is 1. The third-order valence-corrected chi connectivity index (χ3v) is 9.54. The van der Waals surface area contributed by atoms with Crippen LogP contribution < -0.4 is 0 Å². The summed E-state index contributed by atoms with van der Waals surface area (Å²) in [5.74, 6) is -0.854. The molecule has 0 heterocycles. The smallest absolute Gasteiger partial charge is 0.401 e. The standard InChI is InChI=1S/C13H18F6O5S2/c14-13(25(21,22)23,26(15,16,17,18)19)7-24-11(20)12-4-8-1-9(5-12)3-10(2-8)6-12/h8-10H,1-7H2,(H,21,22,23). The van der Waals surface area contributed by atoms with Gasteiger partial charge in [0, 0.05) is 0 Å². The minimum atomic E-state index is -11.4. The van der Waals surface area contributed by atoms with Gasteiger partial charge in [-0.25, -0.2) is 0 Å². The van der Waals surface area contributed by atoms with Crippen molar-refractivity contribution in [3.63, 3.8) is 0 Å². The van der Waals surface area contributed by atoms with Crippen LogP contribution in [0.5, 0.6) is 0 Å². The summed E-state index contributed by atoms with van der Waals surface area (Å²) in [6.45, 7) is -2.83. The lowest BCUT2D eigenvalue weighted by Gasteiger charge is -2.55. The first-order valence-corrected chi connectivity index (χ1v) is 11.3. The lowest BCUT2D eigenvalue weighted by atomic mass is 9.49. The van der Waals surface area contributed by atoms with Crippen molar-refractivity contribution in [2.45, 2.75) is 42.9 Å². The summed E-state index contributed by atoms with van der Waals surface area (Å²) < 4.78 is 106. The molecule has 4 saturated carbocycles. The maximum absolute atomic E-state index is 14.0. The minimum absolute atomic E-state index is 0.154. The molecule has 4 aliphatic carbocycles. The van der Waals surface area contributed by atoms with Crippen molar-refractivity contribution in [3.8, 4) is 0 Å². The van der Waals surface area contributed by atoms with Crippen LogP contribution in [0.2, 0.25) is 0 Å². The average molecular weight is 432 g/mol. The van der Waals surface area contributed by atoms with Gasteiger partial charge in [0.05, 0.1) is 5.41 Å². The molecule has 1 unspecified atom stereocenters. The summed E-state index contributed by atoms with van der Waals surface area (Å²) in [6, 6.07) is 0. The van der Waals surface area contributed by atoms with E-state index in [4.69, 9.17) is 4.55 Å². The SMILES string of the molecule is O=C(OCC(F)(S(=O)(=O)O)S(F)(F)(F)(F)F)C12CC3CC(CC(C3)C1)C2. The number of ether oxygens (including phenoxy) is 1. The number of halogens is 6. The Bertz CT molecular complexity index is 714. The van der Waals surface area contributed by atoms with Crippen LogP contribution >= 0.6 is 10.2 Å². The molecule has 4 aliphatic rings. The Morgan fingerprint density at radius 2 is 1.42 bits per heavy atom. The molecule has 4 bridgehead atoms. The summed E-state index contributed by atoms with van der Waals surface area (Å²) >= 11 is 0. The summed E-state index contributed by atoms with van der Waals surface area (Å²) in [5.41, 5.74) is -1.20. The van der Waals surface area contributed by atoms with E-state index in [0.29, 0.717) is 19.3 Å². The highest BCUT2D eigenvalue weighted by molar-refractivity contribution is 8.50. The summed E-state index contributed by atoms with van der Waals surface area (Å²) in [7, 11) is -18.4. The van der Waals surface area contributed by atoms with E-state index in [2.05, 4.69) is 4.74 Å². The molecule has 0 aliphatic heterocycles. The quantitative estimate of drug-likeness (QED) is 0.392. The Hall–Kier alpha value is -0.690. The van der Waals surface area contributed by atoms with E-state index < -0.39 is 42.7 Å². The third kappa shape index (κ3) is 2.99. The van der Waals surface area contributed by atoms with E-state index in [0.717, 1.165) is 19.3 Å². The second-order valence-electron chi connectivity index (χ2n) is 7.88. The van der Waals surface area contributed by atoms with Gasteiger partial charge in [-0.2, -0.15) is 12.8 Å². The van der Waals surface area contributed by atoms with Crippen LogP contribution in [0.25, 0.3) is 0 Å². The van der Waals surface area contributed by atoms with E-state index in [9.17, 15) is 37.0 Å². The van der Waals surface area contributed by atoms with Crippen LogP contribution in [0, 0.1) is 23.2 Å². The number of carbonyl (C=O) groups excluding carboxylic acids is 1. The van der Waals surface area contributed by atoms with Gasteiger partial charge in [0.2, 0.25) is 0 Å². The molecule has 0 aromatic rings. The molecular weight excluding hydrogens is 414 g/mol. The van der Waals surface area contributed by atoms with E-state index in [1.807, 2.05) is 0 Å². The molecule has 0 radical (unpaired) electrons. The van der Waals surface area contributed by atoms with Gasteiger partial charge in [0.1, 0.15) is 0 Å². The fraction of sp³-hybridized carbons (Fsp3) is 0.923. The van der Waals surface area contributed by atoms with E-state index in [1.165, 1.54) is 0 Å². The van der Waals surface area contributed by atoms with Gasteiger partial charge in [-0.1, -0.05) is 19.4 Å². The zero-order chi connectivity index (χ0) is 19.9. The van der Waals surface area contributed by atoms with Gasteiger partial charge < -0.3 is 4.74 Å². The number of carbonyl (C=O) groups is 1. The maximum atomic E-state index is 14.0. The third-order valence-electron chi connectivity index (χ3n) is 5.81. The van der Waals surface area contributed by atoms with Crippen molar-refractivity contribution in [2.75, 3.05) is 6.61 Å². The largest absolute Gasteiger partial charge is 0.459 e. The molecule has 0 amide bonds. The van der Waals surface area contributed by atoms with Crippen LogP contribution in [0.1, 0.15) is 38.5 Å². The molecule has 13 heteroatoms. The van der Waals surface area contributed by atoms with Crippen LogP contribution in [-0.2, 0) is 19.6 Å². The van der Waals surface area contributed by atoms with E-state index >= 15 is 0 Å². The molecular formula is C13H18F6O5S2. The molecule has 1 N–H and O–H groups in total. The molecule has 0 saturated heterocycles. The van der Waals surface area contributed by atoms with Gasteiger partial charge in [-0.15, -0.1) is 0 Å². The van der Waals surface area contributed by atoms with Crippen molar-refractivity contribution < 1.29 is 46.3 Å². The number of hydrogen-bond acceptors (Lipinski definition) is 4. The highest BCUT2D eigenvalue weighted by Crippen LogP contribution is 3.04. The minimum Gasteiger partial charge on any atom is -0.459 e. The first kappa shape index (κ1) is 20.1. The van der Waals surface area contributed by atoms with Gasteiger partial charge in [0.25, 0.3) is 0 Å². The summed E-state index contributed by atoms with van der Waals surface area (Å²) in [5, 5.41) is 0. The Morgan fingerprint density at radius 3 is 1.73 bits per heavy atom. The molecule has 0 aromatic carbocycles. The Kier molecular flexibility index (Phi) is 3.72. The second-order valence-corrected chi connectivity index (χ2v) is 12.3. The summed E-state index contributed by atoms with van der Waals surface area (Å²) in [6.07, 6.45) is 3.44. The Balaban J connectivity index is 1.84. The topological polar surface area (TPSA) is 80.7 Å². The van der Waals surface area contributed by atoms with Gasteiger partial charge in [0.15, 0.2) is 6.61 Å². The molecule has 0 aromatic heterocycles. The predicted octanol–water partition coefficient (Wildman–Crippen LogP) is 4.56. The van der Waals surface area contributed by atoms with Gasteiger partial charge in [-0.05, 0) is 56.3 Å². The number of hydrogen-bond donors (Lipinski definition) is 1. The lowest BCUT2D eigenvalue weighted by Crippen LogP contribution is -2.53. The lowest BCUT2D eigenvalue weighted by molar-refractivity contribution is -0.173. The normalized spacial score (nSPS) is 39.0. The van der Waals surface area contributed by atoms with Gasteiger partial charge >= 0.3 is 30.6 Å². The molecule has 4 rings (SSSR count). The molecule has 154 valence electrons. The van der Waals surface area contributed by atoms with E-state index in [1.54, 1.807) is 0 Å². The van der Waals surface area contributed by atoms with Crippen molar-refractivity contribution in [3.05, 3.63) is 0 Å². The molecule has 0 spiro atoms. The fourth-order valence-corrected chi connectivity index (χ4v) is 7.13. The first-order chi connectivity index (χ1) is 11.4. The fourth-order valence-electron chi connectivity index (χ4n) is 5.05. The molecule has 4 fully saturated rings. The second kappa shape index (κ2) is 4.83. The molecule has 26 heavy (non-hydrogen) atoms. The van der Waals surface area contributed by atoms with Crippen LogP contribution in [-0.4, -0.2) is 29.9 Å². The van der Waals surface area contributed by atoms with Crippen LogP contribution in [0.4, 0.5) is 23.8 Å². The highest BCUT2D eigenvalue weighted by Gasteiger charge is 2.87. The highest BCUT2D eigenvalue weighted by atomic mass is 32.5. The van der Waals surface area contributed by atoms with Crippen LogP contribution in [0.3, 0.4) is 0 Å². The predicted molar refractivity (Wildman–Crippen MR) is 80.1 cm³/mol. The van der Waals surface area contributed by atoms with E-state index in [-0.39, 0.29) is 17.8 Å². The Morgan fingerprint density at radius 1 is 1.04 bits per heavy atom. The van der Waals surface area contributed by atoms with Crippen molar-refractivity contribution >= 4 is 26.3 Å².